The van der Waals surface area contributed by atoms with E-state index in [2.05, 4.69) is 28.7 Å². The van der Waals surface area contributed by atoms with Gasteiger partial charge in [0.1, 0.15) is 11.0 Å². The van der Waals surface area contributed by atoms with Crippen molar-refractivity contribution in [2.24, 2.45) is 0 Å². The van der Waals surface area contributed by atoms with Gasteiger partial charge in [0.2, 0.25) is 0 Å². The van der Waals surface area contributed by atoms with Crippen molar-refractivity contribution in [1.82, 2.24) is 19.9 Å². The molecule has 5 heteroatoms. The van der Waals surface area contributed by atoms with Crippen molar-refractivity contribution in [1.29, 1.82) is 0 Å². The highest BCUT2D eigenvalue weighted by Crippen LogP contribution is 2.39. The van der Waals surface area contributed by atoms with Gasteiger partial charge in [-0.05, 0) is 39.5 Å². The van der Waals surface area contributed by atoms with Crippen LogP contribution in [0.2, 0.25) is 0 Å². The highest BCUT2D eigenvalue weighted by molar-refractivity contribution is 7.11. The monoisotopic (exact) mass is 288 g/mol. The van der Waals surface area contributed by atoms with Crippen LogP contribution in [0.5, 0.6) is 0 Å². The van der Waals surface area contributed by atoms with Crippen LogP contribution in [0, 0.1) is 13.8 Å². The maximum absolute atomic E-state index is 4.78. The zero-order valence-electron chi connectivity index (χ0n) is 12.0. The van der Waals surface area contributed by atoms with Gasteiger partial charge < -0.3 is 9.88 Å². The fourth-order valence-electron chi connectivity index (χ4n) is 2.59. The van der Waals surface area contributed by atoms with E-state index in [1.807, 2.05) is 23.9 Å². The number of aryl methyl sites for hydroxylation is 2. The van der Waals surface area contributed by atoms with Gasteiger partial charge in [0.25, 0.3) is 0 Å². The van der Waals surface area contributed by atoms with E-state index in [0.29, 0.717) is 12.1 Å². The number of aromatic nitrogens is 3. The lowest BCUT2D eigenvalue weighted by Gasteiger charge is -2.18. The molecule has 2 fully saturated rings. The Labute approximate surface area is 123 Å². The molecule has 2 aromatic rings. The average molecular weight is 288 g/mol. The smallest absolute Gasteiger partial charge is 0.116 e. The van der Waals surface area contributed by atoms with Crippen LogP contribution < -0.4 is 5.32 Å². The van der Waals surface area contributed by atoms with Gasteiger partial charge >= 0.3 is 0 Å². The Hall–Kier alpha value is -1.20. The average Bonchev–Trinajstić information content (AvgIpc) is 3.35. The van der Waals surface area contributed by atoms with E-state index in [-0.39, 0.29) is 6.04 Å². The van der Waals surface area contributed by atoms with Crippen LogP contribution in [0.25, 0.3) is 0 Å². The zero-order valence-corrected chi connectivity index (χ0v) is 12.8. The second-order valence-electron chi connectivity index (χ2n) is 6.02. The molecule has 2 aromatic heterocycles. The highest BCUT2D eigenvalue weighted by atomic mass is 32.1. The van der Waals surface area contributed by atoms with E-state index in [9.17, 15) is 0 Å². The quantitative estimate of drug-likeness (QED) is 0.919. The minimum atomic E-state index is 0.211. The molecule has 0 radical (unpaired) electrons. The Bertz CT molecular complexity index is 602. The van der Waals surface area contributed by atoms with Crippen LogP contribution in [0.4, 0.5) is 0 Å². The molecule has 0 amide bonds. The van der Waals surface area contributed by atoms with Crippen molar-refractivity contribution in [3.05, 3.63) is 33.8 Å². The summed E-state index contributed by atoms with van der Waals surface area (Å²) in [4.78, 5) is 10.5. The fraction of sp³-hybridized carbons (Fsp3) is 0.600. The standard InChI is InChI=1S/C15H20N4S/c1-9-10(2)20-15(17-9)14(18-11-3-4-11)13-7-16-8-19(13)12-5-6-12/h7-8,11-12,14,18H,3-6H2,1-2H3. The third-order valence-corrected chi connectivity index (χ3v) is 5.34. The summed E-state index contributed by atoms with van der Waals surface area (Å²) in [5.41, 5.74) is 2.44. The molecule has 2 heterocycles. The zero-order chi connectivity index (χ0) is 13.7. The van der Waals surface area contributed by atoms with E-state index < -0.39 is 0 Å². The van der Waals surface area contributed by atoms with Gasteiger partial charge in [-0.15, -0.1) is 11.3 Å². The molecule has 2 aliphatic carbocycles. The molecule has 0 saturated heterocycles. The summed E-state index contributed by atoms with van der Waals surface area (Å²) in [6.45, 7) is 4.25. The van der Waals surface area contributed by atoms with E-state index in [1.54, 1.807) is 0 Å². The molecule has 4 rings (SSSR count). The summed E-state index contributed by atoms with van der Waals surface area (Å²) >= 11 is 1.82. The lowest BCUT2D eigenvalue weighted by molar-refractivity contribution is 0.548. The van der Waals surface area contributed by atoms with Crippen LogP contribution in [0.3, 0.4) is 0 Å². The minimum absolute atomic E-state index is 0.211. The number of rotatable bonds is 5. The second kappa shape index (κ2) is 4.67. The summed E-state index contributed by atoms with van der Waals surface area (Å²) in [6, 6.07) is 1.54. The van der Waals surface area contributed by atoms with Crippen molar-refractivity contribution in [2.75, 3.05) is 0 Å². The van der Waals surface area contributed by atoms with Crippen LogP contribution in [0.1, 0.15) is 59.0 Å². The number of nitrogens with one attached hydrogen (secondary N) is 1. The summed E-state index contributed by atoms with van der Waals surface area (Å²) < 4.78 is 2.35. The third-order valence-electron chi connectivity index (χ3n) is 4.20. The first-order valence-electron chi connectivity index (χ1n) is 7.44. The van der Waals surface area contributed by atoms with E-state index in [1.165, 1.54) is 41.3 Å². The number of thiazole rings is 1. The van der Waals surface area contributed by atoms with Crippen molar-refractivity contribution < 1.29 is 0 Å². The molecule has 106 valence electrons. The fourth-order valence-corrected chi connectivity index (χ4v) is 3.58. The highest BCUT2D eigenvalue weighted by Gasteiger charge is 2.33. The van der Waals surface area contributed by atoms with Crippen LogP contribution >= 0.6 is 11.3 Å². The largest absolute Gasteiger partial charge is 0.330 e. The molecule has 0 spiro atoms. The molecule has 0 aliphatic heterocycles. The predicted molar refractivity (Wildman–Crippen MR) is 80.1 cm³/mol. The van der Waals surface area contributed by atoms with E-state index in [0.717, 1.165) is 5.69 Å². The number of imidazole rings is 1. The molecule has 4 nitrogen and oxygen atoms in total. The second-order valence-corrected chi connectivity index (χ2v) is 7.26. The van der Waals surface area contributed by atoms with Crippen molar-refractivity contribution in [3.63, 3.8) is 0 Å². The van der Waals surface area contributed by atoms with E-state index >= 15 is 0 Å². The van der Waals surface area contributed by atoms with Gasteiger partial charge in [-0.1, -0.05) is 0 Å². The third kappa shape index (κ3) is 2.29. The van der Waals surface area contributed by atoms with Gasteiger partial charge in [-0.25, -0.2) is 9.97 Å². The first-order valence-corrected chi connectivity index (χ1v) is 8.25. The summed E-state index contributed by atoms with van der Waals surface area (Å²) in [5, 5.41) is 4.95. The molecule has 1 N–H and O–H groups in total. The number of hydrogen-bond donors (Lipinski definition) is 1. The van der Waals surface area contributed by atoms with Gasteiger partial charge in [0.05, 0.1) is 23.9 Å². The van der Waals surface area contributed by atoms with Gasteiger partial charge in [-0.2, -0.15) is 0 Å². The first kappa shape index (κ1) is 12.5. The molecular formula is C15H20N4S. The molecule has 2 saturated carbocycles. The topological polar surface area (TPSA) is 42.7 Å². The lowest BCUT2D eigenvalue weighted by atomic mass is 10.2. The number of nitrogens with zero attached hydrogens (tertiary/aromatic N) is 3. The van der Waals surface area contributed by atoms with Crippen LogP contribution in [-0.2, 0) is 0 Å². The first-order chi connectivity index (χ1) is 9.72. The summed E-state index contributed by atoms with van der Waals surface area (Å²) in [7, 11) is 0. The summed E-state index contributed by atoms with van der Waals surface area (Å²) in [6.07, 6.45) is 9.16. The maximum Gasteiger partial charge on any atom is 0.116 e. The van der Waals surface area contributed by atoms with Crippen molar-refractivity contribution >= 4 is 11.3 Å². The Morgan fingerprint density at radius 2 is 2.10 bits per heavy atom. The normalized spacial score (nSPS) is 20.3. The SMILES string of the molecule is Cc1nc(C(NC2CC2)c2cncn2C2CC2)sc1C. The van der Waals surface area contributed by atoms with E-state index in [4.69, 9.17) is 4.98 Å². The lowest BCUT2D eigenvalue weighted by Crippen LogP contribution is -2.26. The molecule has 1 atom stereocenters. The molecule has 2 aliphatic rings. The molecule has 20 heavy (non-hydrogen) atoms. The molecular weight excluding hydrogens is 268 g/mol. The maximum atomic E-state index is 4.78. The van der Waals surface area contributed by atoms with Crippen LogP contribution in [-0.4, -0.2) is 20.6 Å². The minimum Gasteiger partial charge on any atom is -0.330 e. The van der Waals surface area contributed by atoms with Gasteiger partial charge in [0.15, 0.2) is 0 Å². The Balaban J connectivity index is 1.71. The number of hydrogen-bond acceptors (Lipinski definition) is 4. The summed E-state index contributed by atoms with van der Waals surface area (Å²) in [5.74, 6) is 0. The van der Waals surface area contributed by atoms with Crippen molar-refractivity contribution in [2.45, 2.75) is 57.7 Å². The molecule has 1 unspecified atom stereocenters. The van der Waals surface area contributed by atoms with Gasteiger partial charge in [-0.3, -0.25) is 0 Å². The predicted octanol–water partition coefficient (Wildman–Crippen LogP) is 3.13. The Morgan fingerprint density at radius 1 is 1.30 bits per heavy atom. The van der Waals surface area contributed by atoms with Crippen molar-refractivity contribution in [3.8, 4) is 0 Å². The Morgan fingerprint density at radius 3 is 2.70 bits per heavy atom. The Kier molecular flexibility index (Phi) is 2.93. The molecule has 0 aromatic carbocycles. The van der Waals surface area contributed by atoms with Gasteiger partial charge in [0, 0.05) is 17.0 Å². The van der Waals surface area contributed by atoms with Crippen LogP contribution in [0.15, 0.2) is 12.5 Å². The molecule has 0 bridgehead atoms.